The van der Waals surface area contributed by atoms with E-state index in [2.05, 4.69) is 5.32 Å². The Hall–Kier alpha value is -1.27. The molecule has 0 fully saturated rings. The quantitative estimate of drug-likeness (QED) is 0.845. The van der Waals surface area contributed by atoms with Crippen molar-refractivity contribution in [2.24, 2.45) is 5.92 Å². The van der Waals surface area contributed by atoms with Gasteiger partial charge in [-0.2, -0.15) is 0 Å². The summed E-state index contributed by atoms with van der Waals surface area (Å²) in [6.07, 6.45) is -0.573. The zero-order valence-electron chi connectivity index (χ0n) is 9.81. The zero-order valence-corrected chi connectivity index (χ0v) is 11.4. The number of rotatable bonds is 2. The molecule has 1 amide bonds. The van der Waals surface area contributed by atoms with E-state index in [0.717, 1.165) is 0 Å². The second-order valence-corrected chi connectivity index (χ2v) is 6.93. The lowest BCUT2D eigenvalue weighted by Gasteiger charge is -2.28. The molecule has 0 saturated carbocycles. The Balaban J connectivity index is 2.41. The molecule has 1 aromatic rings. The number of anilines is 1. The van der Waals surface area contributed by atoms with Crippen molar-refractivity contribution in [3.05, 3.63) is 18.2 Å². The third-order valence-electron chi connectivity index (χ3n) is 2.61. The molecule has 1 heterocycles. The molecule has 0 aliphatic carbocycles. The zero-order chi connectivity index (χ0) is 13.5. The highest BCUT2D eigenvalue weighted by Gasteiger charge is 2.30. The molecule has 0 aromatic heterocycles. The Morgan fingerprint density at radius 3 is 2.61 bits per heavy atom. The van der Waals surface area contributed by atoms with E-state index >= 15 is 0 Å². The Labute approximate surface area is 110 Å². The summed E-state index contributed by atoms with van der Waals surface area (Å²) in [6.45, 7) is 3.74. The van der Waals surface area contributed by atoms with Crippen molar-refractivity contribution in [1.82, 2.24) is 0 Å². The Kier molecular flexibility index (Phi) is 3.25. The number of nitrogens with one attached hydrogen (secondary N) is 1. The minimum atomic E-state index is -3.82. The van der Waals surface area contributed by atoms with Gasteiger partial charge in [-0.15, -0.1) is 0 Å². The molecule has 0 radical (unpaired) electrons. The van der Waals surface area contributed by atoms with Crippen LogP contribution < -0.4 is 10.1 Å². The fraction of sp³-hybridized carbons (Fsp3) is 0.364. The highest BCUT2D eigenvalue weighted by Crippen LogP contribution is 2.34. The van der Waals surface area contributed by atoms with Crippen LogP contribution in [-0.2, 0) is 13.8 Å². The summed E-state index contributed by atoms with van der Waals surface area (Å²) < 4.78 is 27.9. The van der Waals surface area contributed by atoms with E-state index in [1.165, 1.54) is 18.2 Å². The van der Waals surface area contributed by atoms with Crippen molar-refractivity contribution in [3.63, 3.8) is 0 Å². The molecule has 1 aromatic carbocycles. The van der Waals surface area contributed by atoms with Crippen LogP contribution in [-0.4, -0.2) is 20.4 Å². The summed E-state index contributed by atoms with van der Waals surface area (Å²) in [5.41, 5.74) is 0.318. The number of hydrogen-bond acceptors (Lipinski definition) is 4. The number of amides is 1. The van der Waals surface area contributed by atoms with Crippen LogP contribution in [0.1, 0.15) is 13.8 Å². The third kappa shape index (κ3) is 2.44. The molecule has 1 aliphatic heterocycles. The Morgan fingerprint density at radius 1 is 1.39 bits per heavy atom. The summed E-state index contributed by atoms with van der Waals surface area (Å²) in [7, 11) is 1.42. The third-order valence-corrected chi connectivity index (χ3v) is 3.96. The van der Waals surface area contributed by atoms with Crippen molar-refractivity contribution < 1.29 is 17.9 Å². The van der Waals surface area contributed by atoms with Gasteiger partial charge in [-0.1, -0.05) is 13.8 Å². The second-order valence-electron chi connectivity index (χ2n) is 4.37. The van der Waals surface area contributed by atoms with E-state index in [4.69, 9.17) is 15.4 Å². The summed E-state index contributed by atoms with van der Waals surface area (Å²) in [6, 6.07) is 4.11. The number of benzene rings is 1. The fourth-order valence-corrected chi connectivity index (χ4v) is 2.47. The first-order valence-corrected chi connectivity index (χ1v) is 7.66. The molecule has 18 heavy (non-hydrogen) atoms. The number of halogens is 1. The number of hydrogen-bond donors (Lipinski definition) is 1. The topological polar surface area (TPSA) is 72.5 Å². The smallest absolute Gasteiger partial charge is 0.265 e. The maximum Gasteiger partial charge on any atom is 0.265 e. The fourth-order valence-electron chi connectivity index (χ4n) is 1.69. The van der Waals surface area contributed by atoms with Gasteiger partial charge in [0.1, 0.15) is 5.75 Å². The van der Waals surface area contributed by atoms with Gasteiger partial charge in [-0.25, -0.2) is 8.42 Å². The van der Waals surface area contributed by atoms with Gasteiger partial charge in [0.15, 0.2) is 6.10 Å². The molecule has 7 heteroatoms. The largest absolute Gasteiger partial charge is 0.478 e. The van der Waals surface area contributed by atoms with Gasteiger partial charge < -0.3 is 10.1 Å². The normalized spacial score (nSPS) is 19.1. The van der Waals surface area contributed by atoms with E-state index in [1.807, 2.05) is 13.8 Å². The van der Waals surface area contributed by atoms with Gasteiger partial charge in [-0.05, 0) is 24.1 Å². The first-order chi connectivity index (χ1) is 8.29. The van der Waals surface area contributed by atoms with Crippen molar-refractivity contribution in [2.75, 3.05) is 5.32 Å². The van der Waals surface area contributed by atoms with Gasteiger partial charge in [0.05, 0.1) is 10.6 Å². The number of ether oxygens (including phenoxy) is 1. The number of carbonyl (C=O) groups is 1. The van der Waals surface area contributed by atoms with Crippen LogP contribution in [0.5, 0.6) is 5.75 Å². The van der Waals surface area contributed by atoms with E-state index in [1.54, 1.807) is 0 Å². The van der Waals surface area contributed by atoms with Crippen LogP contribution in [0.15, 0.2) is 23.1 Å². The van der Waals surface area contributed by atoms with Crippen LogP contribution in [0.2, 0.25) is 0 Å². The molecular formula is C11H12ClNO4S. The van der Waals surface area contributed by atoms with Crippen molar-refractivity contribution in [2.45, 2.75) is 24.8 Å². The lowest BCUT2D eigenvalue weighted by atomic mass is 10.0. The maximum atomic E-state index is 11.7. The van der Waals surface area contributed by atoms with E-state index in [0.29, 0.717) is 11.4 Å². The van der Waals surface area contributed by atoms with Crippen LogP contribution >= 0.6 is 10.7 Å². The molecular weight excluding hydrogens is 278 g/mol. The van der Waals surface area contributed by atoms with Gasteiger partial charge in [0.2, 0.25) is 0 Å². The van der Waals surface area contributed by atoms with Crippen LogP contribution in [0.3, 0.4) is 0 Å². The molecule has 1 atom stereocenters. The minimum Gasteiger partial charge on any atom is -0.478 e. The van der Waals surface area contributed by atoms with E-state index < -0.39 is 15.2 Å². The van der Waals surface area contributed by atoms with Crippen LogP contribution in [0.4, 0.5) is 5.69 Å². The molecule has 1 aliphatic rings. The molecule has 5 nitrogen and oxygen atoms in total. The standard InChI is InChI=1S/C11H12ClNO4S/c1-6(2)10-11(14)13-8-5-7(18(12,15)16)3-4-9(8)17-10/h3-6,10H,1-2H3,(H,13,14). The first kappa shape index (κ1) is 13.2. The van der Waals surface area contributed by atoms with Crippen molar-refractivity contribution >= 4 is 31.3 Å². The van der Waals surface area contributed by atoms with Crippen LogP contribution in [0.25, 0.3) is 0 Å². The lowest BCUT2D eigenvalue weighted by Crippen LogP contribution is -2.40. The molecule has 98 valence electrons. The molecule has 0 spiro atoms. The summed E-state index contributed by atoms with van der Waals surface area (Å²) in [5, 5.41) is 2.62. The average molecular weight is 290 g/mol. The molecule has 1 unspecified atom stereocenters. The SMILES string of the molecule is CC(C)C1Oc2ccc(S(=O)(=O)Cl)cc2NC1=O. The molecule has 0 bridgehead atoms. The Morgan fingerprint density at radius 2 is 2.06 bits per heavy atom. The second kappa shape index (κ2) is 4.44. The van der Waals surface area contributed by atoms with E-state index in [9.17, 15) is 13.2 Å². The van der Waals surface area contributed by atoms with Gasteiger partial charge in [0, 0.05) is 10.7 Å². The van der Waals surface area contributed by atoms with Gasteiger partial charge >= 0.3 is 0 Å². The monoisotopic (exact) mass is 289 g/mol. The van der Waals surface area contributed by atoms with E-state index in [-0.39, 0.29) is 16.7 Å². The van der Waals surface area contributed by atoms with Crippen molar-refractivity contribution in [3.8, 4) is 5.75 Å². The molecule has 1 N–H and O–H groups in total. The summed E-state index contributed by atoms with van der Waals surface area (Å²) in [4.78, 5) is 11.7. The molecule has 2 rings (SSSR count). The highest BCUT2D eigenvalue weighted by molar-refractivity contribution is 8.13. The summed E-state index contributed by atoms with van der Waals surface area (Å²) >= 11 is 0. The maximum absolute atomic E-state index is 11.7. The van der Waals surface area contributed by atoms with Gasteiger partial charge in [-0.3, -0.25) is 4.79 Å². The first-order valence-electron chi connectivity index (χ1n) is 5.35. The van der Waals surface area contributed by atoms with Crippen molar-refractivity contribution in [1.29, 1.82) is 0 Å². The predicted molar refractivity (Wildman–Crippen MR) is 67.4 cm³/mol. The van der Waals surface area contributed by atoms with Crippen LogP contribution in [0, 0.1) is 5.92 Å². The summed E-state index contributed by atoms with van der Waals surface area (Å²) in [5.74, 6) is 0.175. The lowest BCUT2D eigenvalue weighted by molar-refractivity contribution is -0.125. The van der Waals surface area contributed by atoms with Gasteiger partial charge in [0.25, 0.3) is 15.0 Å². The highest BCUT2D eigenvalue weighted by atomic mass is 35.7. The number of fused-ring (bicyclic) bond motifs is 1. The predicted octanol–water partition coefficient (Wildman–Crippen LogP) is 1.97. The Bertz CT molecular complexity index is 597. The average Bonchev–Trinajstić information content (AvgIpc) is 2.25. The minimum absolute atomic E-state index is 0.0228. The number of carbonyl (C=O) groups excluding carboxylic acids is 1. The molecule has 0 saturated heterocycles.